The molecular weight excluding hydrogens is 189 g/mol. The second kappa shape index (κ2) is 3.73. The third kappa shape index (κ3) is 2.79. The van der Waals surface area contributed by atoms with Crippen molar-refractivity contribution < 1.29 is 13.7 Å². The first-order chi connectivity index (χ1) is 6.39. The van der Waals surface area contributed by atoms with Crippen molar-refractivity contribution in [1.82, 2.24) is 15.5 Å². The number of aryl methyl sites for hydroxylation is 1. The average molecular weight is 201 g/mol. The highest BCUT2D eigenvalue weighted by molar-refractivity contribution is 5.83. The van der Waals surface area contributed by atoms with Gasteiger partial charge in [-0.05, 0) is 13.8 Å². The Bertz CT molecular complexity index is 330. The number of amides is 1. The Morgan fingerprint density at radius 1 is 1.64 bits per heavy atom. The molecule has 14 heavy (non-hydrogen) atoms. The number of hydrogen-bond acceptors (Lipinski definition) is 4. The van der Waals surface area contributed by atoms with Crippen LogP contribution in [0.1, 0.15) is 25.6 Å². The van der Waals surface area contributed by atoms with Crippen LogP contribution < -0.4 is 5.32 Å². The number of carbonyl (C=O) groups excluding carboxylic acids is 1. The Hall–Kier alpha value is -1.46. The molecule has 1 rings (SSSR count). The number of halogens is 1. The molecule has 0 atom stereocenters. The van der Waals surface area contributed by atoms with Crippen LogP contribution in [0.25, 0.3) is 0 Å². The van der Waals surface area contributed by atoms with E-state index in [1.54, 1.807) is 6.92 Å². The minimum Gasteiger partial charge on any atom is -0.346 e. The van der Waals surface area contributed by atoms with Crippen LogP contribution in [0, 0.1) is 6.92 Å². The molecule has 1 heterocycles. The molecule has 0 radical (unpaired) electrons. The Labute approximate surface area is 80.7 Å². The fourth-order valence-electron chi connectivity index (χ4n) is 0.783. The van der Waals surface area contributed by atoms with E-state index in [0.29, 0.717) is 11.7 Å². The summed E-state index contributed by atoms with van der Waals surface area (Å²) in [6.07, 6.45) is 0. The summed E-state index contributed by atoms with van der Waals surface area (Å²) < 4.78 is 17.7. The summed E-state index contributed by atoms with van der Waals surface area (Å²) in [5.74, 6) is 0.0498. The molecule has 78 valence electrons. The molecule has 1 amide bonds. The Morgan fingerprint density at radius 2 is 2.29 bits per heavy atom. The molecule has 0 spiro atoms. The monoisotopic (exact) mass is 201 g/mol. The maximum absolute atomic E-state index is 13.0. The van der Waals surface area contributed by atoms with Gasteiger partial charge in [-0.1, -0.05) is 5.16 Å². The van der Waals surface area contributed by atoms with Crippen LogP contribution in [-0.2, 0) is 11.3 Å². The van der Waals surface area contributed by atoms with E-state index >= 15 is 0 Å². The van der Waals surface area contributed by atoms with Gasteiger partial charge in [-0.25, -0.2) is 4.39 Å². The summed E-state index contributed by atoms with van der Waals surface area (Å²) in [7, 11) is 0. The molecule has 0 unspecified atom stereocenters. The van der Waals surface area contributed by atoms with Gasteiger partial charge in [0.2, 0.25) is 5.89 Å². The van der Waals surface area contributed by atoms with Crippen LogP contribution in [0.5, 0.6) is 0 Å². The standard InChI is InChI=1S/C8H12FN3O2/c1-5-11-6(12-14-5)4-10-7(13)8(2,3)9/h4H2,1-3H3,(H,10,13). The van der Waals surface area contributed by atoms with Gasteiger partial charge in [0.05, 0.1) is 6.54 Å². The maximum Gasteiger partial charge on any atom is 0.257 e. The molecule has 1 N–H and O–H groups in total. The average Bonchev–Trinajstić information content (AvgIpc) is 2.45. The van der Waals surface area contributed by atoms with Gasteiger partial charge in [-0.2, -0.15) is 4.98 Å². The fourth-order valence-corrected chi connectivity index (χ4v) is 0.783. The van der Waals surface area contributed by atoms with Crippen LogP contribution in [0.15, 0.2) is 4.52 Å². The van der Waals surface area contributed by atoms with Crippen molar-refractivity contribution in [3.05, 3.63) is 11.7 Å². The molecule has 0 aliphatic rings. The van der Waals surface area contributed by atoms with Gasteiger partial charge in [-0.15, -0.1) is 0 Å². The smallest absolute Gasteiger partial charge is 0.257 e. The Morgan fingerprint density at radius 3 is 2.71 bits per heavy atom. The minimum absolute atomic E-state index is 0.0729. The predicted molar refractivity (Wildman–Crippen MR) is 46.1 cm³/mol. The minimum atomic E-state index is -1.89. The zero-order chi connectivity index (χ0) is 10.8. The predicted octanol–water partition coefficient (Wildman–Crippen LogP) is 0.742. The van der Waals surface area contributed by atoms with E-state index < -0.39 is 11.6 Å². The molecule has 0 saturated carbocycles. The third-order valence-corrected chi connectivity index (χ3v) is 1.52. The van der Waals surface area contributed by atoms with Gasteiger partial charge in [0.25, 0.3) is 5.91 Å². The molecule has 5 nitrogen and oxygen atoms in total. The van der Waals surface area contributed by atoms with Gasteiger partial charge >= 0.3 is 0 Å². The Kier molecular flexibility index (Phi) is 2.83. The highest BCUT2D eigenvalue weighted by Crippen LogP contribution is 2.07. The zero-order valence-electron chi connectivity index (χ0n) is 8.30. The van der Waals surface area contributed by atoms with Gasteiger partial charge in [-0.3, -0.25) is 4.79 Å². The SMILES string of the molecule is Cc1nc(CNC(=O)C(C)(C)F)no1. The van der Waals surface area contributed by atoms with E-state index in [2.05, 4.69) is 20.0 Å². The first-order valence-corrected chi connectivity index (χ1v) is 4.16. The van der Waals surface area contributed by atoms with Crippen molar-refractivity contribution in [3.63, 3.8) is 0 Å². The van der Waals surface area contributed by atoms with Gasteiger partial charge < -0.3 is 9.84 Å². The maximum atomic E-state index is 13.0. The van der Waals surface area contributed by atoms with Crippen molar-refractivity contribution in [2.75, 3.05) is 0 Å². The lowest BCUT2D eigenvalue weighted by Gasteiger charge is -2.12. The molecule has 0 bridgehead atoms. The Balaban J connectivity index is 2.46. The van der Waals surface area contributed by atoms with Crippen LogP contribution in [0.3, 0.4) is 0 Å². The quantitative estimate of drug-likeness (QED) is 0.783. The highest BCUT2D eigenvalue weighted by Gasteiger charge is 2.26. The lowest BCUT2D eigenvalue weighted by atomic mass is 10.1. The summed E-state index contributed by atoms with van der Waals surface area (Å²) in [6.45, 7) is 4.08. The van der Waals surface area contributed by atoms with E-state index in [-0.39, 0.29) is 6.54 Å². The van der Waals surface area contributed by atoms with Crippen molar-refractivity contribution in [3.8, 4) is 0 Å². The number of aromatic nitrogens is 2. The summed E-state index contributed by atoms with van der Waals surface area (Å²) in [5, 5.41) is 5.90. The first kappa shape index (κ1) is 10.6. The fraction of sp³-hybridized carbons (Fsp3) is 0.625. The normalized spacial score (nSPS) is 11.4. The molecule has 1 aromatic heterocycles. The summed E-state index contributed by atoms with van der Waals surface area (Å²) in [4.78, 5) is 14.9. The van der Waals surface area contributed by atoms with Crippen molar-refractivity contribution in [2.45, 2.75) is 33.0 Å². The highest BCUT2D eigenvalue weighted by atomic mass is 19.1. The van der Waals surface area contributed by atoms with E-state index in [1.165, 1.54) is 13.8 Å². The van der Waals surface area contributed by atoms with E-state index in [9.17, 15) is 9.18 Å². The van der Waals surface area contributed by atoms with Crippen LogP contribution >= 0.6 is 0 Å². The lowest BCUT2D eigenvalue weighted by Crippen LogP contribution is -2.38. The summed E-state index contributed by atoms with van der Waals surface area (Å²) >= 11 is 0. The van der Waals surface area contributed by atoms with Gasteiger partial charge in [0.1, 0.15) is 0 Å². The molecule has 0 fully saturated rings. The summed E-state index contributed by atoms with van der Waals surface area (Å²) in [6, 6.07) is 0. The van der Waals surface area contributed by atoms with Crippen LogP contribution in [0.2, 0.25) is 0 Å². The van der Waals surface area contributed by atoms with Gasteiger partial charge in [0, 0.05) is 6.92 Å². The number of nitrogens with one attached hydrogen (secondary N) is 1. The molecule has 0 aliphatic heterocycles. The number of hydrogen-bond donors (Lipinski definition) is 1. The zero-order valence-corrected chi connectivity index (χ0v) is 8.30. The van der Waals surface area contributed by atoms with Gasteiger partial charge in [0.15, 0.2) is 11.5 Å². The second-order valence-electron chi connectivity index (χ2n) is 3.38. The molecule has 1 aromatic rings. The van der Waals surface area contributed by atoms with E-state index in [4.69, 9.17) is 0 Å². The molecule has 0 saturated heterocycles. The molecule has 0 aromatic carbocycles. The van der Waals surface area contributed by atoms with Crippen LogP contribution in [0.4, 0.5) is 4.39 Å². The van der Waals surface area contributed by atoms with Crippen molar-refractivity contribution >= 4 is 5.91 Å². The largest absolute Gasteiger partial charge is 0.346 e. The topological polar surface area (TPSA) is 68.0 Å². The molecule has 6 heteroatoms. The molecule has 0 aliphatic carbocycles. The third-order valence-electron chi connectivity index (χ3n) is 1.52. The van der Waals surface area contributed by atoms with E-state index in [1.807, 2.05) is 0 Å². The molecular formula is C8H12FN3O2. The van der Waals surface area contributed by atoms with Crippen molar-refractivity contribution in [2.24, 2.45) is 0 Å². The second-order valence-corrected chi connectivity index (χ2v) is 3.38. The number of nitrogens with zero attached hydrogens (tertiary/aromatic N) is 2. The first-order valence-electron chi connectivity index (χ1n) is 4.16. The number of carbonyl (C=O) groups is 1. The lowest BCUT2D eigenvalue weighted by molar-refractivity contribution is -0.131. The number of alkyl halides is 1. The van der Waals surface area contributed by atoms with Crippen molar-refractivity contribution in [1.29, 1.82) is 0 Å². The number of rotatable bonds is 3. The summed E-state index contributed by atoms with van der Waals surface area (Å²) in [5.41, 5.74) is -1.89. The van der Waals surface area contributed by atoms with E-state index in [0.717, 1.165) is 0 Å². The van der Waals surface area contributed by atoms with Crippen LogP contribution in [-0.4, -0.2) is 21.7 Å².